The fourth-order valence-electron chi connectivity index (χ4n) is 2.34. The average Bonchev–Trinajstić information content (AvgIpc) is 2.89. The van der Waals surface area contributed by atoms with Crippen molar-refractivity contribution in [1.82, 2.24) is 15.0 Å². The smallest absolute Gasteiger partial charge is 0.115 e. The van der Waals surface area contributed by atoms with E-state index < -0.39 is 0 Å². The lowest BCUT2D eigenvalue weighted by atomic mass is 10.1. The topological polar surface area (TPSA) is 50.9 Å². The summed E-state index contributed by atoms with van der Waals surface area (Å²) >= 11 is 0. The molecule has 0 fully saturated rings. The Labute approximate surface area is 117 Å². The third-order valence-corrected chi connectivity index (χ3v) is 3.44. The quantitative estimate of drug-likeness (QED) is 0.722. The van der Waals surface area contributed by atoms with E-state index in [0.717, 1.165) is 36.8 Å². The van der Waals surface area contributed by atoms with E-state index in [4.69, 9.17) is 0 Å². The van der Waals surface area contributed by atoms with Crippen molar-refractivity contribution in [2.24, 2.45) is 0 Å². The predicted molar refractivity (Wildman–Crippen MR) is 78.6 cm³/mol. The molecule has 0 aliphatic rings. The van der Waals surface area contributed by atoms with Gasteiger partial charge in [-0.05, 0) is 49.1 Å². The van der Waals surface area contributed by atoms with E-state index >= 15 is 0 Å². The summed E-state index contributed by atoms with van der Waals surface area (Å²) in [5.74, 6) is 0.322. The van der Waals surface area contributed by atoms with Gasteiger partial charge in [-0.15, -0.1) is 5.10 Å². The second-order valence-electron chi connectivity index (χ2n) is 4.92. The number of aryl methyl sites for hydroxylation is 2. The first-order chi connectivity index (χ1) is 9.83. The Balaban J connectivity index is 1.54. The lowest BCUT2D eigenvalue weighted by Crippen LogP contribution is -2.00. The number of unbranched alkanes of at least 4 members (excludes halogenated alkanes) is 1. The van der Waals surface area contributed by atoms with E-state index in [1.54, 1.807) is 12.1 Å². The van der Waals surface area contributed by atoms with Crippen LogP contribution in [-0.4, -0.2) is 20.1 Å². The van der Waals surface area contributed by atoms with Crippen molar-refractivity contribution in [1.29, 1.82) is 0 Å². The molecule has 0 aliphatic carbocycles. The first-order valence-electron chi connectivity index (χ1n) is 6.89. The van der Waals surface area contributed by atoms with Crippen LogP contribution < -0.4 is 0 Å². The van der Waals surface area contributed by atoms with Crippen LogP contribution in [0.2, 0.25) is 0 Å². The highest BCUT2D eigenvalue weighted by atomic mass is 16.3. The number of aromatic nitrogens is 3. The first-order valence-corrected chi connectivity index (χ1v) is 6.89. The molecule has 2 aromatic carbocycles. The summed E-state index contributed by atoms with van der Waals surface area (Å²) in [6.45, 7) is 0.887. The molecule has 4 heteroatoms. The number of hydrogen-bond donors (Lipinski definition) is 1. The summed E-state index contributed by atoms with van der Waals surface area (Å²) < 4.78 is 1.96. The Kier molecular flexibility index (Phi) is 3.63. The van der Waals surface area contributed by atoms with Gasteiger partial charge in [0.15, 0.2) is 0 Å². The number of fused-ring (bicyclic) bond motifs is 1. The van der Waals surface area contributed by atoms with Crippen LogP contribution >= 0.6 is 0 Å². The van der Waals surface area contributed by atoms with E-state index in [2.05, 4.69) is 16.4 Å². The Bertz CT molecular complexity index is 688. The van der Waals surface area contributed by atoms with Crippen LogP contribution in [0, 0.1) is 0 Å². The fourth-order valence-corrected chi connectivity index (χ4v) is 2.34. The molecule has 102 valence electrons. The number of nitrogens with zero attached hydrogens (tertiary/aromatic N) is 3. The van der Waals surface area contributed by atoms with E-state index in [0.29, 0.717) is 5.75 Å². The van der Waals surface area contributed by atoms with Crippen LogP contribution in [-0.2, 0) is 13.0 Å². The van der Waals surface area contributed by atoms with Crippen molar-refractivity contribution in [3.8, 4) is 5.75 Å². The lowest BCUT2D eigenvalue weighted by Gasteiger charge is -2.03. The molecule has 0 saturated carbocycles. The first kappa shape index (κ1) is 12.7. The zero-order valence-corrected chi connectivity index (χ0v) is 11.2. The third kappa shape index (κ3) is 2.79. The van der Waals surface area contributed by atoms with Crippen LogP contribution in [0.15, 0.2) is 48.5 Å². The fraction of sp³-hybridized carbons (Fsp3) is 0.250. The number of phenols is 1. The van der Waals surface area contributed by atoms with Gasteiger partial charge in [-0.25, -0.2) is 4.68 Å². The molecule has 0 amide bonds. The molecule has 4 nitrogen and oxygen atoms in total. The summed E-state index contributed by atoms with van der Waals surface area (Å²) in [5.41, 5.74) is 3.30. The zero-order chi connectivity index (χ0) is 13.8. The highest BCUT2D eigenvalue weighted by molar-refractivity contribution is 5.73. The third-order valence-electron chi connectivity index (χ3n) is 3.44. The normalized spacial score (nSPS) is 11.0. The van der Waals surface area contributed by atoms with Crippen molar-refractivity contribution in [2.75, 3.05) is 0 Å². The molecule has 20 heavy (non-hydrogen) atoms. The molecule has 0 unspecified atom stereocenters. The largest absolute Gasteiger partial charge is 0.508 e. The van der Waals surface area contributed by atoms with Gasteiger partial charge in [0.1, 0.15) is 11.3 Å². The van der Waals surface area contributed by atoms with Crippen molar-refractivity contribution in [2.45, 2.75) is 25.8 Å². The summed E-state index contributed by atoms with van der Waals surface area (Å²) in [5, 5.41) is 17.6. The monoisotopic (exact) mass is 267 g/mol. The molecular formula is C16H17N3O. The van der Waals surface area contributed by atoms with Crippen LogP contribution in [0.25, 0.3) is 11.0 Å². The summed E-state index contributed by atoms with van der Waals surface area (Å²) in [4.78, 5) is 0. The molecule has 1 heterocycles. The number of rotatable bonds is 5. The van der Waals surface area contributed by atoms with Gasteiger partial charge in [0.05, 0.1) is 5.52 Å². The van der Waals surface area contributed by atoms with Crippen LogP contribution in [0.1, 0.15) is 18.4 Å². The Morgan fingerprint density at radius 3 is 2.60 bits per heavy atom. The number of hydrogen-bond acceptors (Lipinski definition) is 3. The molecule has 0 aliphatic heterocycles. The van der Waals surface area contributed by atoms with Crippen molar-refractivity contribution < 1.29 is 5.11 Å². The van der Waals surface area contributed by atoms with E-state index in [9.17, 15) is 5.11 Å². The van der Waals surface area contributed by atoms with E-state index in [1.165, 1.54) is 5.56 Å². The predicted octanol–water partition coefficient (Wildman–Crippen LogP) is 3.16. The molecule has 3 aromatic rings. The maximum atomic E-state index is 9.24. The van der Waals surface area contributed by atoms with Crippen molar-refractivity contribution in [3.05, 3.63) is 54.1 Å². The van der Waals surface area contributed by atoms with Gasteiger partial charge in [-0.2, -0.15) is 0 Å². The minimum atomic E-state index is 0.322. The van der Waals surface area contributed by atoms with Crippen molar-refractivity contribution in [3.63, 3.8) is 0 Å². The highest BCUT2D eigenvalue weighted by Crippen LogP contribution is 2.13. The van der Waals surface area contributed by atoms with Crippen LogP contribution in [0.5, 0.6) is 5.75 Å². The second kappa shape index (κ2) is 5.74. The van der Waals surface area contributed by atoms with Gasteiger partial charge < -0.3 is 5.11 Å². The molecule has 0 radical (unpaired) electrons. The van der Waals surface area contributed by atoms with Crippen LogP contribution in [0.4, 0.5) is 0 Å². The van der Waals surface area contributed by atoms with Gasteiger partial charge in [0.25, 0.3) is 0 Å². The average molecular weight is 267 g/mol. The molecule has 3 rings (SSSR count). The second-order valence-corrected chi connectivity index (χ2v) is 4.92. The van der Waals surface area contributed by atoms with E-state index in [-0.39, 0.29) is 0 Å². The van der Waals surface area contributed by atoms with Gasteiger partial charge in [0.2, 0.25) is 0 Å². The molecule has 0 saturated heterocycles. The SMILES string of the molecule is Oc1ccc(CCCCn2nnc3ccccc32)cc1. The zero-order valence-electron chi connectivity index (χ0n) is 11.2. The molecule has 0 spiro atoms. The summed E-state index contributed by atoms with van der Waals surface area (Å²) in [6.07, 6.45) is 3.18. The lowest BCUT2D eigenvalue weighted by molar-refractivity contribution is 0.475. The number of phenolic OH excluding ortho intramolecular Hbond substituents is 1. The Hall–Kier alpha value is -2.36. The molecular weight excluding hydrogens is 250 g/mol. The van der Waals surface area contributed by atoms with Crippen molar-refractivity contribution >= 4 is 11.0 Å². The molecule has 0 bridgehead atoms. The van der Waals surface area contributed by atoms with E-state index in [1.807, 2.05) is 35.0 Å². The number of benzene rings is 2. The summed E-state index contributed by atoms with van der Waals surface area (Å²) in [6, 6.07) is 15.4. The van der Waals surface area contributed by atoms with Gasteiger partial charge >= 0.3 is 0 Å². The van der Waals surface area contributed by atoms with Gasteiger partial charge in [-0.3, -0.25) is 0 Å². The molecule has 1 N–H and O–H groups in total. The highest BCUT2D eigenvalue weighted by Gasteiger charge is 2.02. The summed E-state index contributed by atoms with van der Waals surface area (Å²) in [7, 11) is 0. The minimum Gasteiger partial charge on any atom is -0.508 e. The maximum Gasteiger partial charge on any atom is 0.115 e. The van der Waals surface area contributed by atoms with Crippen LogP contribution in [0.3, 0.4) is 0 Å². The molecule has 0 atom stereocenters. The maximum absolute atomic E-state index is 9.24. The van der Waals surface area contributed by atoms with Gasteiger partial charge in [-0.1, -0.05) is 29.5 Å². The Morgan fingerprint density at radius 1 is 0.950 bits per heavy atom. The Morgan fingerprint density at radius 2 is 1.75 bits per heavy atom. The number of para-hydroxylation sites is 1. The van der Waals surface area contributed by atoms with Gasteiger partial charge in [0, 0.05) is 6.54 Å². The minimum absolute atomic E-state index is 0.322. The standard InChI is InChI=1S/C16H17N3O/c20-14-10-8-13(9-11-14)5-3-4-12-19-16-7-2-1-6-15(16)17-18-19/h1-2,6-11,20H,3-5,12H2. The molecule has 1 aromatic heterocycles. The number of aromatic hydroxyl groups is 1.